The zero-order chi connectivity index (χ0) is 9.97. The zero-order valence-electron chi connectivity index (χ0n) is 7.84. The lowest BCUT2D eigenvalue weighted by molar-refractivity contribution is 0.101. The molecule has 14 heavy (non-hydrogen) atoms. The highest BCUT2D eigenvalue weighted by Crippen LogP contribution is 2.09. The standard InChI is InChI=1S/C11H10N2O/c1-9(14)10-4-2-5-11(8-10)13-7-3-6-12-13/h2-8H,1H3. The Morgan fingerprint density at radius 2 is 2.21 bits per heavy atom. The second-order valence-corrected chi connectivity index (χ2v) is 3.06. The van der Waals surface area contributed by atoms with Crippen LogP contribution in [0.4, 0.5) is 0 Å². The number of rotatable bonds is 2. The summed E-state index contributed by atoms with van der Waals surface area (Å²) in [5, 5.41) is 4.09. The number of carbonyl (C=O) groups excluding carboxylic acids is 1. The summed E-state index contributed by atoms with van der Waals surface area (Å²) in [4.78, 5) is 11.1. The van der Waals surface area contributed by atoms with E-state index < -0.39 is 0 Å². The summed E-state index contributed by atoms with van der Waals surface area (Å²) in [5.41, 5.74) is 1.61. The van der Waals surface area contributed by atoms with Gasteiger partial charge in [-0.3, -0.25) is 4.79 Å². The van der Waals surface area contributed by atoms with E-state index in [0.717, 1.165) is 5.69 Å². The first-order valence-corrected chi connectivity index (χ1v) is 4.38. The molecule has 70 valence electrons. The fraction of sp³-hybridized carbons (Fsp3) is 0.0909. The van der Waals surface area contributed by atoms with Gasteiger partial charge in [0.1, 0.15) is 0 Å². The number of carbonyl (C=O) groups is 1. The van der Waals surface area contributed by atoms with Gasteiger partial charge in [0.2, 0.25) is 0 Å². The van der Waals surface area contributed by atoms with Gasteiger partial charge >= 0.3 is 0 Å². The molecule has 0 unspecified atom stereocenters. The molecule has 0 aliphatic heterocycles. The van der Waals surface area contributed by atoms with Crippen molar-refractivity contribution < 1.29 is 4.79 Å². The molecule has 0 radical (unpaired) electrons. The lowest BCUT2D eigenvalue weighted by atomic mass is 10.1. The first-order valence-electron chi connectivity index (χ1n) is 4.38. The van der Waals surface area contributed by atoms with E-state index in [1.807, 2.05) is 30.5 Å². The average molecular weight is 186 g/mol. The second kappa shape index (κ2) is 3.46. The largest absolute Gasteiger partial charge is 0.295 e. The van der Waals surface area contributed by atoms with Gasteiger partial charge in [0.25, 0.3) is 0 Å². The molecule has 1 heterocycles. The Balaban J connectivity index is 2.46. The minimum Gasteiger partial charge on any atom is -0.295 e. The van der Waals surface area contributed by atoms with E-state index in [4.69, 9.17) is 0 Å². The lowest BCUT2D eigenvalue weighted by Crippen LogP contribution is -1.97. The van der Waals surface area contributed by atoms with Crippen molar-refractivity contribution in [3.63, 3.8) is 0 Å². The topological polar surface area (TPSA) is 34.9 Å². The van der Waals surface area contributed by atoms with Crippen LogP contribution in [0, 0.1) is 0 Å². The van der Waals surface area contributed by atoms with E-state index >= 15 is 0 Å². The molecule has 0 aliphatic rings. The van der Waals surface area contributed by atoms with Crippen LogP contribution >= 0.6 is 0 Å². The molecule has 1 aromatic heterocycles. The highest BCUT2D eigenvalue weighted by Gasteiger charge is 2.01. The van der Waals surface area contributed by atoms with Crippen molar-refractivity contribution in [2.75, 3.05) is 0 Å². The second-order valence-electron chi connectivity index (χ2n) is 3.06. The Labute approximate surface area is 82.0 Å². The molecule has 0 fully saturated rings. The van der Waals surface area contributed by atoms with Gasteiger partial charge in [-0.1, -0.05) is 12.1 Å². The molecule has 2 aromatic rings. The monoisotopic (exact) mass is 186 g/mol. The molecule has 1 aromatic carbocycles. The number of ketones is 1. The lowest BCUT2D eigenvalue weighted by Gasteiger charge is -2.02. The molecule has 3 heteroatoms. The molecule has 0 amide bonds. The molecule has 0 saturated heterocycles. The predicted octanol–water partition coefficient (Wildman–Crippen LogP) is 2.07. The smallest absolute Gasteiger partial charge is 0.159 e. The molecular weight excluding hydrogens is 176 g/mol. The summed E-state index contributed by atoms with van der Waals surface area (Å²) in [6, 6.07) is 9.25. The quantitative estimate of drug-likeness (QED) is 0.673. The molecular formula is C11H10N2O. The fourth-order valence-electron chi connectivity index (χ4n) is 1.29. The number of aromatic nitrogens is 2. The number of benzene rings is 1. The summed E-state index contributed by atoms with van der Waals surface area (Å²) in [6.45, 7) is 1.56. The van der Waals surface area contributed by atoms with Crippen LogP contribution in [0.3, 0.4) is 0 Å². The Kier molecular flexibility index (Phi) is 2.14. The van der Waals surface area contributed by atoms with E-state index in [2.05, 4.69) is 5.10 Å². The van der Waals surface area contributed by atoms with Crippen molar-refractivity contribution in [2.45, 2.75) is 6.92 Å². The number of hydrogen-bond donors (Lipinski definition) is 0. The Morgan fingerprint density at radius 1 is 1.36 bits per heavy atom. The minimum atomic E-state index is 0.0685. The van der Waals surface area contributed by atoms with E-state index in [1.165, 1.54) is 0 Å². The van der Waals surface area contributed by atoms with Crippen LogP contribution in [0.15, 0.2) is 42.7 Å². The summed E-state index contributed by atoms with van der Waals surface area (Å²) in [7, 11) is 0. The van der Waals surface area contributed by atoms with Crippen molar-refractivity contribution in [1.29, 1.82) is 0 Å². The van der Waals surface area contributed by atoms with Gasteiger partial charge in [-0.25, -0.2) is 4.68 Å². The van der Waals surface area contributed by atoms with Gasteiger partial charge in [0, 0.05) is 18.0 Å². The van der Waals surface area contributed by atoms with Crippen LogP contribution in [-0.4, -0.2) is 15.6 Å². The van der Waals surface area contributed by atoms with Crippen LogP contribution in [0.25, 0.3) is 5.69 Å². The SMILES string of the molecule is CC(=O)c1cccc(-n2cccn2)c1. The maximum atomic E-state index is 11.1. The van der Waals surface area contributed by atoms with Crippen molar-refractivity contribution in [2.24, 2.45) is 0 Å². The first-order chi connectivity index (χ1) is 6.77. The summed E-state index contributed by atoms with van der Waals surface area (Å²) >= 11 is 0. The summed E-state index contributed by atoms with van der Waals surface area (Å²) < 4.78 is 1.73. The molecule has 0 bridgehead atoms. The number of hydrogen-bond acceptors (Lipinski definition) is 2. The normalized spacial score (nSPS) is 10.1. The molecule has 0 spiro atoms. The molecule has 0 atom stereocenters. The van der Waals surface area contributed by atoms with E-state index in [0.29, 0.717) is 5.56 Å². The zero-order valence-corrected chi connectivity index (χ0v) is 7.84. The first kappa shape index (κ1) is 8.69. The third-order valence-electron chi connectivity index (χ3n) is 2.02. The maximum absolute atomic E-state index is 11.1. The van der Waals surface area contributed by atoms with Crippen molar-refractivity contribution >= 4 is 5.78 Å². The van der Waals surface area contributed by atoms with Crippen LogP contribution in [-0.2, 0) is 0 Å². The van der Waals surface area contributed by atoms with Crippen molar-refractivity contribution in [1.82, 2.24) is 9.78 Å². The fourth-order valence-corrected chi connectivity index (χ4v) is 1.29. The third kappa shape index (κ3) is 1.57. The average Bonchev–Trinajstić information content (AvgIpc) is 2.71. The van der Waals surface area contributed by atoms with Gasteiger partial charge in [-0.2, -0.15) is 5.10 Å². The molecule has 0 saturated carbocycles. The van der Waals surface area contributed by atoms with E-state index in [-0.39, 0.29) is 5.78 Å². The molecule has 3 nitrogen and oxygen atoms in total. The van der Waals surface area contributed by atoms with Gasteiger partial charge < -0.3 is 0 Å². The molecule has 2 rings (SSSR count). The van der Waals surface area contributed by atoms with E-state index in [9.17, 15) is 4.79 Å². The number of Topliss-reactive ketones (excluding diaryl/α,β-unsaturated/α-hetero) is 1. The predicted molar refractivity (Wildman–Crippen MR) is 53.6 cm³/mol. The highest BCUT2D eigenvalue weighted by atomic mass is 16.1. The van der Waals surface area contributed by atoms with Gasteiger partial charge in [0.05, 0.1) is 5.69 Å². The molecule has 0 N–H and O–H groups in total. The van der Waals surface area contributed by atoms with Crippen LogP contribution in [0.2, 0.25) is 0 Å². The van der Waals surface area contributed by atoms with Gasteiger partial charge in [-0.05, 0) is 25.1 Å². The third-order valence-corrected chi connectivity index (χ3v) is 2.02. The summed E-state index contributed by atoms with van der Waals surface area (Å²) in [6.07, 6.45) is 3.56. The Morgan fingerprint density at radius 3 is 2.86 bits per heavy atom. The van der Waals surface area contributed by atoms with Gasteiger partial charge in [-0.15, -0.1) is 0 Å². The van der Waals surface area contributed by atoms with Crippen LogP contribution < -0.4 is 0 Å². The van der Waals surface area contributed by atoms with Crippen LogP contribution in [0.1, 0.15) is 17.3 Å². The molecule has 0 aliphatic carbocycles. The van der Waals surface area contributed by atoms with Crippen molar-refractivity contribution in [3.05, 3.63) is 48.3 Å². The van der Waals surface area contributed by atoms with Crippen LogP contribution in [0.5, 0.6) is 0 Å². The number of nitrogens with zero attached hydrogens (tertiary/aromatic N) is 2. The highest BCUT2D eigenvalue weighted by molar-refractivity contribution is 5.94. The van der Waals surface area contributed by atoms with E-state index in [1.54, 1.807) is 23.9 Å². The van der Waals surface area contributed by atoms with Crippen molar-refractivity contribution in [3.8, 4) is 5.69 Å². The summed E-state index contributed by atoms with van der Waals surface area (Å²) in [5.74, 6) is 0.0685. The minimum absolute atomic E-state index is 0.0685. The Hall–Kier alpha value is -1.90. The Bertz CT molecular complexity index is 446. The van der Waals surface area contributed by atoms with Gasteiger partial charge in [0.15, 0.2) is 5.78 Å². The maximum Gasteiger partial charge on any atom is 0.159 e.